The maximum atomic E-state index is 11.7. The van der Waals surface area contributed by atoms with Crippen LogP contribution in [-0.4, -0.2) is 49.1 Å². The predicted octanol–water partition coefficient (Wildman–Crippen LogP) is 0.546. The molecule has 0 aliphatic carbocycles. The molecule has 0 saturated carbocycles. The van der Waals surface area contributed by atoms with Crippen molar-refractivity contribution in [1.82, 2.24) is 10.3 Å². The number of hydrogen-bond donors (Lipinski definition) is 1. The highest BCUT2D eigenvalue weighted by Crippen LogP contribution is 2.07. The van der Waals surface area contributed by atoms with Crippen molar-refractivity contribution in [2.24, 2.45) is 5.10 Å². The fourth-order valence-electron chi connectivity index (χ4n) is 2.10. The van der Waals surface area contributed by atoms with Gasteiger partial charge in [0.2, 0.25) is 0 Å². The number of hydrazone groups is 1. The van der Waals surface area contributed by atoms with Gasteiger partial charge in [-0.2, -0.15) is 5.10 Å². The van der Waals surface area contributed by atoms with Crippen molar-refractivity contribution in [2.45, 2.75) is 12.8 Å². The van der Waals surface area contributed by atoms with E-state index >= 15 is 0 Å². The van der Waals surface area contributed by atoms with Crippen LogP contribution in [0.3, 0.4) is 0 Å². The van der Waals surface area contributed by atoms with E-state index in [1.54, 1.807) is 24.3 Å². The Morgan fingerprint density at radius 1 is 1.18 bits per heavy atom. The van der Waals surface area contributed by atoms with Crippen molar-refractivity contribution >= 4 is 24.0 Å². The van der Waals surface area contributed by atoms with Crippen LogP contribution < -0.4 is 5.43 Å². The summed E-state index contributed by atoms with van der Waals surface area (Å²) in [6.07, 6.45) is 3.25. The molecular weight excluding hydrogens is 286 g/mol. The van der Waals surface area contributed by atoms with Crippen LogP contribution in [0.1, 0.15) is 28.8 Å². The second-order valence-electron chi connectivity index (χ2n) is 4.81. The van der Waals surface area contributed by atoms with Crippen molar-refractivity contribution in [3.05, 3.63) is 35.4 Å². The van der Waals surface area contributed by atoms with Crippen LogP contribution >= 0.6 is 0 Å². The van der Waals surface area contributed by atoms with Crippen molar-refractivity contribution in [2.75, 3.05) is 20.2 Å². The summed E-state index contributed by atoms with van der Waals surface area (Å²) in [6, 6.07) is 6.49. The molecule has 0 atom stereocenters. The van der Waals surface area contributed by atoms with Gasteiger partial charge in [-0.05, 0) is 30.5 Å². The Labute approximate surface area is 127 Å². The molecule has 2 rings (SSSR count). The first-order chi connectivity index (χ1) is 10.6. The zero-order valence-corrected chi connectivity index (χ0v) is 12.2. The fraction of sp³-hybridized carbons (Fsp3) is 0.333. The van der Waals surface area contributed by atoms with E-state index in [1.165, 1.54) is 18.2 Å². The van der Waals surface area contributed by atoms with E-state index < -0.39 is 17.8 Å². The Morgan fingerprint density at radius 3 is 2.41 bits per heavy atom. The summed E-state index contributed by atoms with van der Waals surface area (Å²) in [7, 11) is 1.31. The number of esters is 1. The number of nitrogens with zero attached hydrogens (tertiary/aromatic N) is 2. The van der Waals surface area contributed by atoms with Gasteiger partial charge >= 0.3 is 17.8 Å². The molecular formula is C15H17N3O4. The molecule has 0 aromatic heterocycles. The third-order valence-corrected chi connectivity index (χ3v) is 3.30. The third-order valence-electron chi connectivity index (χ3n) is 3.30. The monoisotopic (exact) mass is 303 g/mol. The Balaban J connectivity index is 1.87. The second kappa shape index (κ2) is 7.35. The average molecular weight is 303 g/mol. The van der Waals surface area contributed by atoms with Gasteiger partial charge in [0.05, 0.1) is 18.9 Å². The number of amides is 2. The molecule has 1 aromatic rings. The normalized spacial score (nSPS) is 14.1. The van der Waals surface area contributed by atoms with Gasteiger partial charge in [0, 0.05) is 13.1 Å². The van der Waals surface area contributed by atoms with E-state index in [9.17, 15) is 14.4 Å². The molecule has 1 fully saturated rings. The molecule has 0 bridgehead atoms. The Bertz CT molecular complexity index is 589. The Kier molecular flexibility index (Phi) is 5.24. The smallest absolute Gasteiger partial charge is 0.337 e. The van der Waals surface area contributed by atoms with E-state index in [0.29, 0.717) is 24.2 Å². The SMILES string of the molecule is COC(=O)c1ccc(C=NNC(=O)C(=O)N2CCCC2)cc1. The minimum absolute atomic E-state index is 0.423. The number of carbonyl (C=O) groups is 3. The first-order valence-electron chi connectivity index (χ1n) is 6.92. The summed E-state index contributed by atoms with van der Waals surface area (Å²) in [5, 5.41) is 3.74. The van der Waals surface area contributed by atoms with E-state index in [4.69, 9.17) is 0 Å². The highest BCUT2D eigenvalue weighted by molar-refractivity contribution is 6.35. The largest absolute Gasteiger partial charge is 0.465 e. The number of methoxy groups -OCH3 is 1. The van der Waals surface area contributed by atoms with Crippen LogP contribution in [0, 0.1) is 0 Å². The van der Waals surface area contributed by atoms with Crippen molar-refractivity contribution in [3.63, 3.8) is 0 Å². The fourth-order valence-corrected chi connectivity index (χ4v) is 2.10. The van der Waals surface area contributed by atoms with Gasteiger partial charge in [0.15, 0.2) is 0 Å². The van der Waals surface area contributed by atoms with Gasteiger partial charge in [0.1, 0.15) is 0 Å². The van der Waals surface area contributed by atoms with Gasteiger partial charge < -0.3 is 9.64 Å². The van der Waals surface area contributed by atoms with E-state index in [1.807, 2.05) is 0 Å². The van der Waals surface area contributed by atoms with Crippen molar-refractivity contribution in [3.8, 4) is 0 Å². The minimum Gasteiger partial charge on any atom is -0.465 e. The second-order valence-corrected chi connectivity index (χ2v) is 4.81. The van der Waals surface area contributed by atoms with Crippen molar-refractivity contribution < 1.29 is 19.1 Å². The van der Waals surface area contributed by atoms with Crippen LogP contribution in [0.15, 0.2) is 29.4 Å². The average Bonchev–Trinajstić information content (AvgIpc) is 3.08. The quantitative estimate of drug-likeness (QED) is 0.382. The molecule has 0 unspecified atom stereocenters. The topological polar surface area (TPSA) is 88.1 Å². The molecule has 7 heteroatoms. The first-order valence-corrected chi connectivity index (χ1v) is 6.92. The molecule has 1 aliphatic heterocycles. The molecule has 116 valence electrons. The van der Waals surface area contributed by atoms with Gasteiger partial charge in [0.25, 0.3) is 0 Å². The Hall–Kier alpha value is -2.70. The first kappa shape index (κ1) is 15.7. The number of benzene rings is 1. The van der Waals surface area contributed by atoms with E-state index in [0.717, 1.165) is 12.8 Å². The number of nitrogens with one attached hydrogen (secondary N) is 1. The van der Waals surface area contributed by atoms with Crippen LogP contribution in [-0.2, 0) is 14.3 Å². The minimum atomic E-state index is -0.746. The molecule has 0 spiro atoms. The summed E-state index contributed by atoms with van der Waals surface area (Å²) >= 11 is 0. The maximum absolute atomic E-state index is 11.7. The standard InChI is InChI=1S/C15H17N3O4/c1-22-15(21)12-6-4-11(5-7-12)10-16-17-13(19)14(20)18-8-2-3-9-18/h4-7,10H,2-3,8-9H2,1H3,(H,17,19). The lowest BCUT2D eigenvalue weighted by Crippen LogP contribution is -2.39. The van der Waals surface area contributed by atoms with Gasteiger partial charge in [-0.15, -0.1) is 0 Å². The van der Waals surface area contributed by atoms with Crippen LogP contribution in [0.25, 0.3) is 0 Å². The lowest BCUT2D eigenvalue weighted by Gasteiger charge is -2.12. The molecule has 0 radical (unpaired) electrons. The number of rotatable bonds is 3. The molecule has 2 amide bonds. The van der Waals surface area contributed by atoms with Crippen molar-refractivity contribution in [1.29, 1.82) is 0 Å². The zero-order chi connectivity index (χ0) is 15.9. The summed E-state index contributed by atoms with van der Waals surface area (Å²) < 4.78 is 4.59. The zero-order valence-electron chi connectivity index (χ0n) is 12.2. The summed E-state index contributed by atoms with van der Waals surface area (Å²) in [4.78, 5) is 36.1. The van der Waals surface area contributed by atoms with Crippen LogP contribution in [0.5, 0.6) is 0 Å². The molecule has 1 N–H and O–H groups in total. The highest BCUT2D eigenvalue weighted by atomic mass is 16.5. The molecule has 1 aliphatic rings. The van der Waals surface area contributed by atoms with E-state index in [2.05, 4.69) is 15.3 Å². The summed E-state index contributed by atoms with van der Waals surface area (Å²) in [5.41, 5.74) is 3.31. The van der Waals surface area contributed by atoms with Gasteiger partial charge in [-0.1, -0.05) is 12.1 Å². The molecule has 22 heavy (non-hydrogen) atoms. The number of ether oxygens (including phenoxy) is 1. The summed E-state index contributed by atoms with van der Waals surface area (Å²) in [5.74, 6) is -1.73. The van der Waals surface area contributed by atoms with Gasteiger partial charge in [-0.25, -0.2) is 10.2 Å². The third kappa shape index (κ3) is 3.91. The summed E-state index contributed by atoms with van der Waals surface area (Å²) in [6.45, 7) is 1.23. The molecule has 7 nitrogen and oxygen atoms in total. The molecule has 1 aromatic carbocycles. The number of likely N-dealkylation sites (tertiary alicyclic amines) is 1. The lowest BCUT2D eigenvalue weighted by molar-refractivity contribution is -0.145. The molecule has 1 saturated heterocycles. The van der Waals surface area contributed by atoms with E-state index in [-0.39, 0.29) is 0 Å². The Morgan fingerprint density at radius 2 is 1.82 bits per heavy atom. The lowest BCUT2D eigenvalue weighted by atomic mass is 10.1. The number of hydrogen-bond acceptors (Lipinski definition) is 5. The number of carbonyl (C=O) groups excluding carboxylic acids is 3. The highest BCUT2D eigenvalue weighted by Gasteiger charge is 2.23. The van der Waals surface area contributed by atoms with Gasteiger partial charge in [-0.3, -0.25) is 9.59 Å². The van der Waals surface area contributed by atoms with Crippen LogP contribution in [0.4, 0.5) is 0 Å². The van der Waals surface area contributed by atoms with Crippen LogP contribution in [0.2, 0.25) is 0 Å². The predicted molar refractivity (Wildman–Crippen MR) is 79.3 cm³/mol. The molecule has 1 heterocycles. The maximum Gasteiger partial charge on any atom is 0.337 e.